The van der Waals surface area contributed by atoms with Crippen LogP contribution >= 0.6 is 0 Å². The highest BCUT2D eigenvalue weighted by molar-refractivity contribution is 5.78. The SMILES string of the molecule is CCNCC(=O)NC(C1CC1)C1CC1. The molecule has 0 unspecified atom stereocenters. The van der Waals surface area contributed by atoms with Crippen LogP contribution < -0.4 is 10.6 Å². The lowest BCUT2D eigenvalue weighted by molar-refractivity contribution is -0.121. The summed E-state index contributed by atoms with van der Waals surface area (Å²) in [6, 6.07) is 0.501. The van der Waals surface area contributed by atoms with Gasteiger partial charge < -0.3 is 10.6 Å². The summed E-state index contributed by atoms with van der Waals surface area (Å²) in [6.45, 7) is 3.37. The molecule has 2 N–H and O–H groups in total. The summed E-state index contributed by atoms with van der Waals surface area (Å²) in [6.07, 6.45) is 5.29. The summed E-state index contributed by atoms with van der Waals surface area (Å²) in [7, 11) is 0. The number of carbonyl (C=O) groups excluding carboxylic acids is 1. The van der Waals surface area contributed by atoms with Gasteiger partial charge in [-0.1, -0.05) is 6.92 Å². The van der Waals surface area contributed by atoms with Crippen molar-refractivity contribution in [2.45, 2.75) is 38.6 Å². The van der Waals surface area contributed by atoms with E-state index in [9.17, 15) is 4.79 Å². The fraction of sp³-hybridized carbons (Fsp3) is 0.909. The maximum Gasteiger partial charge on any atom is 0.234 e. The predicted octanol–water partition coefficient (Wildman–Crippen LogP) is 0.901. The van der Waals surface area contributed by atoms with Gasteiger partial charge in [0, 0.05) is 6.04 Å². The second kappa shape index (κ2) is 4.30. The van der Waals surface area contributed by atoms with E-state index >= 15 is 0 Å². The maximum absolute atomic E-state index is 11.5. The lowest BCUT2D eigenvalue weighted by atomic mass is 10.1. The van der Waals surface area contributed by atoms with Crippen LogP contribution in [0, 0.1) is 11.8 Å². The Morgan fingerprint density at radius 3 is 2.29 bits per heavy atom. The van der Waals surface area contributed by atoms with Crippen LogP contribution in [0.3, 0.4) is 0 Å². The Morgan fingerprint density at radius 2 is 1.86 bits per heavy atom. The van der Waals surface area contributed by atoms with Crippen LogP contribution in [0.5, 0.6) is 0 Å². The zero-order valence-electron chi connectivity index (χ0n) is 8.88. The molecule has 2 fully saturated rings. The molecular formula is C11H20N2O. The largest absolute Gasteiger partial charge is 0.352 e. The third kappa shape index (κ3) is 2.71. The van der Waals surface area contributed by atoms with E-state index in [1.807, 2.05) is 6.92 Å². The fourth-order valence-corrected chi connectivity index (χ4v) is 2.01. The molecule has 0 aromatic carbocycles. The van der Waals surface area contributed by atoms with Crippen LogP contribution in [0.2, 0.25) is 0 Å². The van der Waals surface area contributed by atoms with Gasteiger partial charge in [-0.3, -0.25) is 4.79 Å². The van der Waals surface area contributed by atoms with Gasteiger partial charge >= 0.3 is 0 Å². The molecule has 2 rings (SSSR count). The number of carbonyl (C=O) groups is 1. The van der Waals surface area contributed by atoms with Crippen molar-refractivity contribution >= 4 is 5.91 Å². The molecule has 3 nitrogen and oxygen atoms in total. The van der Waals surface area contributed by atoms with Crippen LogP contribution in [0.15, 0.2) is 0 Å². The lowest BCUT2D eigenvalue weighted by Crippen LogP contribution is -2.42. The zero-order chi connectivity index (χ0) is 9.97. The van der Waals surface area contributed by atoms with Crippen molar-refractivity contribution in [2.75, 3.05) is 13.1 Å². The molecule has 0 bridgehead atoms. The minimum Gasteiger partial charge on any atom is -0.352 e. The number of rotatable bonds is 6. The third-order valence-corrected chi connectivity index (χ3v) is 3.12. The van der Waals surface area contributed by atoms with E-state index in [4.69, 9.17) is 0 Å². The Balaban J connectivity index is 1.72. The van der Waals surface area contributed by atoms with Crippen molar-refractivity contribution in [1.29, 1.82) is 0 Å². The van der Waals surface area contributed by atoms with Gasteiger partial charge in [0.15, 0.2) is 0 Å². The summed E-state index contributed by atoms with van der Waals surface area (Å²) >= 11 is 0. The van der Waals surface area contributed by atoms with Gasteiger partial charge in [-0.05, 0) is 44.1 Å². The minimum atomic E-state index is 0.177. The Hall–Kier alpha value is -0.570. The van der Waals surface area contributed by atoms with Crippen molar-refractivity contribution in [3.63, 3.8) is 0 Å². The molecule has 0 aliphatic heterocycles. The fourth-order valence-electron chi connectivity index (χ4n) is 2.01. The highest BCUT2D eigenvalue weighted by Gasteiger charge is 2.41. The van der Waals surface area contributed by atoms with Crippen LogP contribution in [-0.2, 0) is 4.79 Å². The normalized spacial score (nSPS) is 21.3. The highest BCUT2D eigenvalue weighted by Crippen LogP contribution is 2.44. The van der Waals surface area contributed by atoms with Gasteiger partial charge in [-0.2, -0.15) is 0 Å². The monoisotopic (exact) mass is 196 g/mol. The number of nitrogens with one attached hydrogen (secondary N) is 2. The van der Waals surface area contributed by atoms with Gasteiger partial charge in [0.25, 0.3) is 0 Å². The molecule has 0 saturated heterocycles. The van der Waals surface area contributed by atoms with E-state index < -0.39 is 0 Å². The summed E-state index contributed by atoms with van der Waals surface area (Å²) in [5.74, 6) is 1.77. The summed E-state index contributed by atoms with van der Waals surface area (Å²) < 4.78 is 0. The van der Waals surface area contributed by atoms with Crippen molar-refractivity contribution < 1.29 is 4.79 Å². The standard InChI is InChI=1S/C11H20N2O/c1-2-12-7-10(14)13-11(8-3-4-8)9-5-6-9/h8-9,11-12H,2-7H2,1H3,(H,13,14). The molecule has 3 heteroatoms. The van der Waals surface area contributed by atoms with E-state index in [0.29, 0.717) is 12.6 Å². The molecule has 0 heterocycles. The first-order valence-corrected chi connectivity index (χ1v) is 5.81. The van der Waals surface area contributed by atoms with Gasteiger partial charge in [0.2, 0.25) is 5.91 Å². The second-order valence-corrected chi connectivity index (χ2v) is 4.55. The molecule has 2 aliphatic carbocycles. The summed E-state index contributed by atoms with van der Waals surface area (Å²) in [4.78, 5) is 11.5. The highest BCUT2D eigenvalue weighted by atomic mass is 16.2. The van der Waals surface area contributed by atoms with Gasteiger partial charge in [0.1, 0.15) is 0 Å². The molecule has 0 aromatic rings. The van der Waals surface area contributed by atoms with E-state index in [2.05, 4.69) is 10.6 Å². The molecule has 1 amide bonds. The van der Waals surface area contributed by atoms with Gasteiger partial charge in [0.05, 0.1) is 6.54 Å². The number of likely N-dealkylation sites (N-methyl/N-ethyl adjacent to an activating group) is 1. The molecule has 80 valence electrons. The molecular weight excluding hydrogens is 176 g/mol. The molecule has 2 aliphatic rings. The Kier molecular flexibility index (Phi) is 3.06. The first-order valence-electron chi connectivity index (χ1n) is 5.81. The van der Waals surface area contributed by atoms with Crippen LogP contribution in [0.25, 0.3) is 0 Å². The molecule has 0 atom stereocenters. The van der Waals surface area contributed by atoms with Crippen molar-refractivity contribution in [3.8, 4) is 0 Å². The summed E-state index contributed by atoms with van der Waals surface area (Å²) in [5, 5.41) is 6.23. The number of hydrogen-bond acceptors (Lipinski definition) is 2. The topological polar surface area (TPSA) is 41.1 Å². The molecule has 14 heavy (non-hydrogen) atoms. The summed E-state index contributed by atoms with van der Waals surface area (Å²) in [5.41, 5.74) is 0. The van der Waals surface area contributed by atoms with E-state index in [1.54, 1.807) is 0 Å². The smallest absolute Gasteiger partial charge is 0.234 e. The first kappa shape index (κ1) is 9.97. The first-order chi connectivity index (χ1) is 6.81. The van der Waals surface area contributed by atoms with Gasteiger partial charge in [-0.15, -0.1) is 0 Å². The average Bonchev–Trinajstić information content (AvgIpc) is 3.04. The van der Waals surface area contributed by atoms with E-state index in [1.165, 1.54) is 25.7 Å². The quantitative estimate of drug-likeness (QED) is 0.662. The van der Waals surface area contributed by atoms with Crippen LogP contribution in [0.4, 0.5) is 0 Å². The Labute approximate surface area is 85.6 Å². The van der Waals surface area contributed by atoms with Crippen molar-refractivity contribution in [2.24, 2.45) is 11.8 Å². The van der Waals surface area contributed by atoms with Gasteiger partial charge in [-0.25, -0.2) is 0 Å². The number of hydrogen-bond donors (Lipinski definition) is 2. The van der Waals surface area contributed by atoms with Crippen LogP contribution in [0.1, 0.15) is 32.6 Å². The minimum absolute atomic E-state index is 0.177. The van der Waals surface area contributed by atoms with Crippen molar-refractivity contribution in [3.05, 3.63) is 0 Å². The maximum atomic E-state index is 11.5. The predicted molar refractivity (Wildman–Crippen MR) is 55.9 cm³/mol. The average molecular weight is 196 g/mol. The lowest BCUT2D eigenvalue weighted by Gasteiger charge is -2.17. The zero-order valence-corrected chi connectivity index (χ0v) is 8.88. The van der Waals surface area contributed by atoms with E-state index in [0.717, 1.165) is 18.4 Å². The van der Waals surface area contributed by atoms with Crippen molar-refractivity contribution in [1.82, 2.24) is 10.6 Å². The second-order valence-electron chi connectivity index (χ2n) is 4.55. The Bertz CT molecular complexity index is 197. The van der Waals surface area contributed by atoms with Crippen LogP contribution in [-0.4, -0.2) is 25.0 Å². The molecule has 0 spiro atoms. The third-order valence-electron chi connectivity index (χ3n) is 3.12. The number of amides is 1. The Morgan fingerprint density at radius 1 is 1.29 bits per heavy atom. The molecule has 0 aromatic heterocycles. The molecule has 0 radical (unpaired) electrons. The molecule has 2 saturated carbocycles. The van der Waals surface area contributed by atoms with E-state index in [-0.39, 0.29) is 5.91 Å².